The van der Waals surface area contributed by atoms with E-state index in [-0.39, 0.29) is 5.92 Å². The van der Waals surface area contributed by atoms with E-state index in [4.69, 9.17) is 0 Å². The van der Waals surface area contributed by atoms with Crippen molar-refractivity contribution in [2.45, 2.75) is 57.8 Å². The SMILES string of the molecule is O=C(O)C1C2CC(C3CCCC32)C1C1CCCCC1. The zero-order valence-electron chi connectivity index (χ0n) is 11.8. The molecule has 0 radical (unpaired) electrons. The smallest absolute Gasteiger partial charge is 0.307 e. The third kappa shape index (κ3) is 1.71. The Morgan fingerprint density at radius 2 is 1.47 bits per heavy atom. The first kappa shape index (κ1) is 12.2. The van der Waals surface area contributed by atoms with Crippen molar-refractivity contribution in [3.05, 3.63) is 0 Å². The largest absolute Gasteiger partial charge is 0.481 e. The average molecular weight is 262 g/mol. The molecule has 0 saturated heterocycles. The molecule has 0 aliphatic heterocycles. The van der Waals surface area contributed by atoms with E-state index in [9.17, 15) is 9.90 Å². The summed E-state index contributed by atoms with van der Waals surface area (Å²) in [5.74, 6) is 3.86. The predicted molar refractivity (Wildman–Crippen MR) is 73.6 cm³/mol. The molecule has 6 atom stereocenters. The Balaban J connectivity index is 1.62. The molecule has 106 valence electrons. The molecule has 0 heterocycles. The number of hydrogen-bond acceptors (Lipinski definition) is 1. The lowest BCUT2D eigenvalue weighted by Gasteiger charge is -2.41. The highest BCUT2D eigenvalue weighted by atomic mass is 16.4. The molecule has 2 bridgehead atoms. The van der Waals surface area contributed by atoms with E-state index in [0.29, 0.717) is 11.8 Å². The van der Waals surface area contributed by atoms with Crippen LogP contribution in [-0.2, 0) is 4.79 Å². The molecule has 0 aromatic heterocycles. The first-order valence-corrected chi connectivity index (χ1v) is 8.50. The number of rotatable bonds is 2. The zero-order chi connectivity index (χ0) is 13.0. The second kappa shape index (κ2) is 4.49. The van der Waals surface area contributed by atoms with Crippen molar-refractivity contribution in [1.29, 1.82) is 0 Å². The molecule has 4 aliphatic rings. The first-order valence-electron chi connectivity index (χ1n) is 8.50. The summed E-state index contributed by atoms with van der Waals surface area (Å²) in [4.78, 5) is 11.8. The molecule has 6 unspecified atom stereocenters. The summed E-state index contributed by atoms with van der Waals surface area (Å²) < 4.78 is 0. The molecule has 4 saturated carbocycles. The van der Waals surface area contributed by atoms with Gasteiger partial charge < -0.3 is 5.11 Å². The monoisotopic (exact) mass is 262 g/mol. The molecule has 0 aromatic rings. The van der Waals surface area contributed by atoms with Crippen molar-refractivity contribution in [3.63, 3.8) is 0 Å². The zero-order valence-corrected chi connectivity index (χ0v) is 11.8. The highest BCUT2D eigenvalue weighted by molar-refractivity contribution is 5.72. The van der Waals surface area contributed by atoms with Crippen LogP contribution in [-0.4, -0.2) is 11.1 Å². The van der Waals surface area contributed by atoms with E-state index >= 15 is 0 Å². The lowest BCUT2D eigenvalue weighted by atomic mass is 9.62. The van der Waals surface area contributed by atoms with E-state index in [1.165, 1.54) is 57.8 Å². The maximum absolute atomic E-state index is 11.8. The molecule has 2 nitrogen and oxygen atoms in total. The Bertz CT molecular complexity index is 371. The Kier molecular flexibility index (Phi) is 2.89. The average Bonchev–Trinajstić information content (AvgIpc) is 3.10. The van der Waals surface area contributed by atoms with Gasteiger partial charge in [0.05, 0.1) is 5.92 Å². The van der Waals surface area contributed by atoms with Crippen LogP contribution in [0.5, 0.6) is 0 Å². The minimum Gasteiger partial charge on any atom is -0.481 e. The highest BCUT2D eigenvalue weighted by Gasteiger charge is 2.62. The first-order chi connectivity index (χ1) is 9.27. The number of hydrogen-bond donors (Lipinski definition) is 1. The fraction of sp³-hybridized carbons (Fsp3) is 0.941. The lowest BCUT2D eigenvalue weighted by Crippen LogP contribution is -2.41. The van der Waals surface area contributed by atoms with Crippen molar-refractivity contribution in [3.8, 4) is 0 Å². The van der Waals surface area contributed by atoms with Gasteiger partial charge in [-0.05, 0) is 54.8 Å². The summed E-state index contributed by atoms with van der Waals surface area (Å²) in [5.41, 5.74) is 0. The summed E-state index contributed by atoms with van der Waals surface area (Å²) in [6.07, 6.45) is 12.1. The van der Waals surface area contributed by atoms with Gasteiger partial charge >= 0.3 is 5.97 Å². The van der Waals surface area contributed by atoms with Crippen molar-refractivity contribution >= 4 is 5.97 Å². The summed E-state index contributed by atoms with van der Waals surface area (Å²) in [6.45, 7) is 0. The van der Waals surface area contributed by atoms with Gasteiger partial charge in [0.15, 0.2) is 0 Å². The number of carbonyl (C=O) groups is 1. The van der Waals surface area contributed by atoms with E-state index < -0.39 is 5.97 Å². The molecule has 4 fully saturated rings. The van der Waals surface area contributed by atoms with Gasteiger partial charge in [-0.25, -0.2) is 0 Å². The predicted octanol–water partition coefficient (Wildman–Crippen LogP) is 3.95. The number of aliphatic carboxylic acids is 1. The van der Waals surface area contributed by atoms with Gasteiger partial charge in [-0.3, -0.25) is 4.79 Å². The van der Waals surface area contributed by atoms with E-state index in [2.05, 4.69) is 0 Å². The molecular formula is C17H26O2. The van der Waals surface area contributed by atoms with Gasteiger partial charge in [-0.2, -0.15) is 0 Å². The molecule has 0 aromatic carbocycles. The van der Waals surface area contributed by atoms with Gasteiger partial charge in [0.25, 0.3) is 0 Å². The number of fused-ring (bicyclic) bond motifs is 5. The van der Waals surface area contributed by atoms with Crippen LogP contribution >= 0.6 is 0 Å². The molecule has 19 heavy (non-hydrogen) atoms. The maximum atomic E-state index is 11.8. The lowest BCUT2D eigenvalue weighted by molar-refractivity contribution is -0.148. The van der Waals surface area contributed by atoms with Gasteiger partial charge in [0, 0.05) is 0 Å². The van der Waals surface area contributed by atoms with Gasteiger partial charge in [0.1, 0.15) is 0 Å². The van der Waals surface area contributed by atoms with Crippen LogP contribution in [0.1, 0.15) is 57.8 Å². The van der Waals surface area contributed by atoms with Gasteiger partial charge in [0.2, 0.25) is 0 Å². The normalized spacial score (nSPS) is 49.5. The Morgan fingerprint density at radius 1 is 0.789 bits per heavy atom. The standard InChI is InChI=1S/C17H26O2/c18-17(19)16-14-9-13(11-7-4-8-12(11)14)15(16)10-5-2-1-3-6-10/h10-16H,1-9H2,(H,18,19). The molecule has 0 amide bonds. The molecule has 4 aliphatic carbocycles. The highest BCUT2D eigenvalue weighted by Crippen LogP contribution is 2.65. The maximum Gasteiger partial charge on any atom is 0.307 e. The fourth-order valence-electron chi connectivity index (χ4n) is 6.66. The van der Waals surface area contributed by atoms with Crippen LogP contribution in [0.15, 0.2) is 0 Å². The quantitative estimate of drug-likeness (QED) is 0.818. The summed E-state index contributed by atoms with van der Waals surface area (Å²) in [6, 6.07) is 0. The van der Waals surface area contributed by atoms with E-state index in [1.54, 1.807) is 0 Å². The molecule has 1 N–H and O–H groups in total. The number of carboxylic acids is 1. The summed E-state index contributed by atoms with van der Waals surface area (Å²) >= 11 is 0. The van der Waals surface area contributed by atoms with Crippen LogP contribution < -0.4 is 0 Å². The summed E-state index contributed by atoms with van der Waals surface area (Å²) in [7, 11) is 0. The van der Waals surface area contributed by atoms with E-state index in [0.717, 1.165) is 23.7 Å². The van der Waals surface area contributed by atoms with Crippen molar-refractivity contribution < 1.29 is 9.90 Å². The van der Waals surface area contributed by atoms with Crippen LogP contribution in [0.4, 0.5) is 0 Å². The van der Waals surface area contributed by atoms with Crippen LogP contribution in [0.2, 0.25) is 0 Å². The van der Waals surface area contributed by atoms with Crippen molar-refractivity contribution in [2.75, 3.05) is 0 Å². The van der Waals surface area contributed by atoms with Crippen LogP contribution in [0, 0.1) is 41.4 Å². The van der Waals surface area contributed by atoms with Crippen LogP contribution in [0.25, 0.3) is 0 Å². The third-order valence-electron chi connectivity index (χ3n) is 7.12. The van der Waals surface area contributed by atoms with Gasteiger partial charge in [-0.15, -0.1) is 0 Å². The minimum absolute atomic E-state index is 0.0208. The van der Waals surface area contributed by atoms with Crippen LogP contribution in [0.3, 0.4) is 0 Å². The molecule has 0 spiro atoms. The molecule has 2 heteroatoms. The van der Waals surface area contributed by atoms with E-state index in [1.807, 2.05) is 0 Å². The molecular weight excluding hydrogens is 236 g/mol. The third-order valence-corrected chi connectivity index (χ3v) is 7.12. The summed E-state index contributed by atoms with van der Waals surface area (Å²) in [5, 5.41) is 9.76. The van der Waals surface area contributed by atoms with Crippen molar-refractivity contribution in [1.82, 2.24) is 0 Å². The Morgan fingerprint density at radius 3 is 2.16 bits per heavy atom. The second-order valence-electron chi connectivity index (χ2n) is 7.66. The fourth-order valence-corrected chi connectivity index (χ4v) is 6.66. The topological polar surface area (TPSA) is 37.3 Å². The van der Waals surface area contributed by atoms with Crippen molar-refractivity contribution in [2.24, 2.45) is 41.4 Å². The molecule has 4 rings (SSSR count). The van der Waals surface area contributed by atoms with Gasteiger partial charge in [-0.1, -0.05) is 38.5 Å². The number of carboxylic acid groups (broad SMARTS) is 1. The minimum atomic E-state index is -0.464. The Hall–Kier alpha value is -0.530. The second-order valence-corrected chi connectivity index (χ2v) is 7.66. The Labute approximate surface area is 116 Å².